The van der Waals surface area contributed by atoms with E-state index in [9.17, 15) is 9.59 Å². The highest BCUT2D eigenvalue weighted by Gasteiger charge is 2.48. The summed E-state index contributed by atoms with van der Waals surface area (Å²) in [6.45, 7) is 14.9. The number of nitrogens with zero attached hydrogens (tertiary/aromatic N) is 1. The molecule has 0 radical (unpaired) electrons. The van der Waals surface area contributed by atoms with Gasteiger partial charge in [0.15, 0.2) is 5.78 Å². The highest BCUT2D eigenvalue weighted by Crippen LogP contribution is 2.34. The Morgan fingerprint density at radius 1 is 1.04 bits per heavy atom. The molecule has 1 aliphatic heterocycles. The molecular formula is C21H31NO3. The maximum Gasteiger partial charge on any atom is 0.410 e. The molecule has 2 rings (SSSR count). The predicted molar refractivity (Wildman–Crippen MR) is 99.8 cm³/mol. The van der Waals surface area contributed by atoms with Crippen molar-refractivity contribution in [3.63, 3.8) is 0 Å². The molecule has 4 nitrogen and oxygen atoms in total. The van der Waals surface area contributed by atoms with Gasteiger partial charge in [-0.15, -0.1) is 0 Å². The van der Waals surface area contributed by atoms with E-state index in [1.807, 2.05) is 52.0 Å². The van der Waals surface area contributed by atoms with Crippen molar-refractivity contribution in [1.82, 2.24) is 4.90 Å². The fourth-order valence-corrected chi connectivity index (χ4v) is 3.13. The Bertz CT molecular complexity index is 641. The quantitative estimate of drug-likeness (QED) is 0.745. The number of ether oxygens (including phenoxy) is 1. The van der Waals surface area contributed by atoms with E-state index < -0.39 is 11.0 Å². The second-order valence-corrected chi connectivity index (χ2v) is 9.66. The van der Waals surface area contributed by atoms with E-state index in [-0.39, 0.29) is 17.3 Å². The van der Waals surface area contributed by atoms with E-state index in [0.717, 1.165) is 6.42 Å². The van der Waals surface area contributed by atoms with Crippen molar-refractivity contribution in [3.8, 4) is 0 Å². The summed E-state index contributed by atoms with van der Waals surface area (Å²) in [6, 6.07) is 7.88. The zero-order valence-electron chi connectivity index (χ0n) is 16.6. The molecule has 1 amide bonds. The molecule has 1 aliphatic rings. The normalized spacial score (nSPS) is 17.0. The largest absolute Gasteiger partial charge is 0.444 e. The van der Waals surface area contributed by atoms with Crippen molar-refractivity contribution in [2.75, 3.05) is 13.1 Å². The first kappa shape index (κ1) is 19.5. The molecule has 0 atom stereocenters. The van der Waals surface area contributed by atoms with Crippen molar-refractivity contribution in [1.29, 1.82) is 0 Å². The Morgan fingerprint density at radius 3 is 2.00 bits per heavy atom. The van der Waals surface area contributed by atoms with Crippen LogP contribution in [0, 0.1) is 10.8 Å². The fourth-order valence-electron chi connectivity index (χ4n) is 3.13. The van der Waals surface area contributed by atoms with Crippen LogP contribution in [0.2, 0.25) is 0 Å². The van der Waals surface area contributed by atoms with Gasteiger partial charge >= 0.3 is 6.09 Å². The highest BCUT2D eigenvalue weighted by atomic mass is 16.6. The molecule has 0 unspecified atom stereocenters. The Labute approximate surface area is 151 Å². The van der Waals surface area contributed by atoms with Crippen LogP contribution in [0.25, 0.3) is 0 Å². The van der Waals surface area contributed by atoms with Gasteiger partial charge in [-0.2, -0.15) is 0 Å². The lowest BCUT2D eigenvalue weighted by atomic mass is 9.75. The first-order valence-corrected chi connectivity index (χ1v) is 8.91. The molecule has 1 fully saturated rings. The summed E-state index contributed by atoms with van der Waals surface area (Å²) in [5, 5.41) is 0. The smallest absolute Gasteiger partial charge is 0.410 e. The fraction of sp³-hybridized carbons (Fsp3) is 0.619. The lowest BCUT2D eigenvalue weighted by molar-refractivity contribution is -0.0197. The van der Waals surface area contributed by atoms with Gasteiger partial charge in [0, 0.05) is 18.7 Å². The molecule has 0 bridgehead atoms. The van der Waals surface area contributed by atoms with Crippen molar-refractivity contribution in [2.45, 2.75) is 60.5 Å². The third kappa shape index (κ3) is 5.07. The molecule has 1 aromatic carbocycles. The number of carbonyl (C=O) groups is 2. The van der Waals surface area contributed by atoms with E-state index in [1.165, 1.54) is 5.56 Å². The van der Waals surface area contributed by atoms with Gasteiger partial charge < -0.3 is 9.64 Å². The molecule has 0 N–H and O–H groups in total. The lowest BCUT2D eigenvalue weighted by Crippen LogP contribution is -2.61. The SMILES string of the molecule is CC(C)(C)Cc1ccc(C(=O)C2(C)CN(C(=O)OC(C)(C)C)C2)cc1. The Hall–Kier alpha value is -1.84. The van der Waals surface area contributed by atoms with Crippen LogP contribution in [0.1, 0.15) is 64.4 Å². The number of amides is 1. The average molecular weight is 345 g/mol. The standard InChI is InChI=1S/C21H31NO3/c1-19(2,3)12-15-8-10-16(11-9-15)17(23)21(7)13-22(14-21)18(24)25-20(4,5)6/h8-11H,12-14H2,1-7H3. The monoisotopic (exact) mass is 345 g/mol. The molecule has 1 aromatic rings. The number of hydrogen-bond donors (Lipinski definition) is 0. The van der Waals surface area contributed by atoms with Crippen LogP contribution in [-0.2, 0) is 11.2 Å². The van der Waals surface area contributed by atoms with Gasteiger partial charge in [-0.25, -0.2) is 4.79 Å². The van der Waals surface area contributed by atoms with E-state index >= 15 is 0 Å². The summed E-state index contributed by atoms with van der Waals surface area (Å²) in [4.78, 5) is 26.5. The summed E-state index contributed by atoms with van der Waals surface area (Å²) < 4.78 is 5.36. The van der Waals surface area contributed by atoms with Gasteiger partial charge in [0.1, 0.15) is 5.60 Å². The maximum absolute atomic E-state index is 12.8. The van der Waals surface area contributed by atoms with E-state index in [4.69, 9.17) is 4.74 Å². The van der Waals surface area contributed by atoms with Gasteiger partial charge in [-0.05, 0) is 45.1 Å². The van der Waals surface area contributed by atoms with E-state index in [0.29, 0.717) is 18.7 Å². The number of hydrogen-bond acceptors (Lipinski definition) is 3. The molecule has 1 saturated heterocycles. The van der Waals surface area contributed by atoms with Crippen LogP contribution in [0.3, 0.4) is 0 Å². The first-order valence-electron chi connectivity index (χ1n) is 8.91. The molecule has 4 heteroatoms. The molecule has 138 valence electrons. The van der Waals surface area contributed by atoms with Crippen molar-refractivity contribution >= 4 is 11.9 Å². The van der Waals surface area contributed by atoms with Crippen LogP contribution in [0.4, 0.5) is 4.79 Å². The summed E-state index contributed by atoms with van der Waals surface area (Å²) in [5.41, 5.74) is 1.12. The molecule has 0 aromatic heterocycles. The van der Waals surface area contributed by atoms with Gasteiger partial charge in [0.05, 0.1) is 5.41 Å². The minimum atomic E-state index is -0.525. The van der Waals surface area contributed by atoms with Crippen molar-refractivity contribution < 1.29 is 14.3 Å². The average Bonchev–Trinajstić information content (AvgIpc) is 2.40. The summed E-state index contributed by atoms with van der Waals surface area (Å²) in [5.74, 6) is 0.0922. The second kappa shape index (κ2) is 6.47. The summed E-state index contributed by atoms with van der Waals surface area (Å²) in [7, 11) is 0. The zero-order valence-corrected chi connectivity index (χ0v) is 16.6. The van der Waals surface area contributed by atoms with Crippen LogP contribution in [-0.4, -0.2) is 35.5 Å². The third-order valence-electron chi connectivity index (χ3n) is 4.23. The Morgan fingerprint density at radius 2 is 1.56 bits per heavy atom. The van der Waals surface area contributed by atoms with Gasteiger partial charge in [-0.1, -0.05) is 45.0 Å². The molecule has 1 heterocycles. The van der Waals surface area contributed by atoms with Crippen LogP contribution < -0.4 is 0 Å². The number of ketones is 1. The van der Waals surface area contributed by atoms with Crippen molar-refractivity contribution in [3.05, 3.63) is 35.4 Å². The molecule has 0 saturated carbocycles. The third-order valence-corrected chi connectivity index (χ3v) is 4.23. The van der Waals surface area contributed by atoms with E-state index in [1.54, 1.807) is 4.90 Å². The predicted octanol–water partition coefficient (Wildman–Crippen LogP) is 4.71. The van der Waals surface area contributed by atoms with Gasteiger partial charge in [0.2, 0.25) is 0 Å². The van der Waals surface area contributed by atoms with Gasteiger partial charge in [-0.3, -0.25) is 4.79 Å². The van der Waals surface area contributed by atoms with Crippen molar-refractivity contribution in [2.24, 2.45) is 10.8 Å². The number of benzene rings is 1. The number of rotatable bonds is 3. The zero-order chi connectivity index (χ0) is 19.0. The van der Waals surface area contributed by atoms with Gasteiger partial charge in [0.25, 0.3) is 0 Å². The van der Waals surface area contributed by atoms with Crippen LogP contribution in [0.5, 0.6) is 0 Å². The summed E-state index contributed by atoms with van der Waals surface area (Å²) >= 11 is 0. The second-order valence-electron chi connectivity index (χ2n) is 9.66. The van der Waals surface area contributed by atoms with E-state index in [2.05, 4.69) is 20.8 Å². The number of carbonyl (C=O) groups excluding carboxylic acids is 2. The minimum Gasteiger partial charge on any atom is -0.444 e. The minimum absolute atomic E-state index is 0.0922. The topological polar surface area (TPSA) is 46.6 Å². The lowest BCUT2D eigenvalue weighted by Gasteiger charge is -2.46. The first-order chi connectivity index (χ1) is 11.3. The molecule has 25 heavy (non-hydrogen) atoms. The highest BCUT2D eigenvalue weighted by molar-refractivity contribution is 6.02. The molecular weight excluding hydrogens is 314 g/mol. The molecule has 0 spiro atoms. The van der Waals surface area contributed by atoms with Crippen LogP contribution >= 0.6 is 0 Å². The van der Waals surface area contributed by atoms with Crippen LogP contribution in [0.15, 0.2) is 24.3 Å². The Kier molecular flexibility index (Phi) is 5.04. The number of likely N-dealkylation sites (tertiary alicyclic amines) is 1. The molecule has 0 aliphatic carbocycles. The summed E-state index contributed by atoms with van der Waals surface area (Å²) in [6.07, 6.45) is 0.629. The number of Topliss-reactive ketones (excluding diaryl/α,β-unsaturated/α-hetero) is 1. The Balaban J connectivity index is 1.98. The maximum atomic E-state index is 12.8.